The van der Waals surface area contributed by atoms with E-state index in [1.807, 2.05) is 41.3 Å². The molecule has 30 heavy (non-hydrogen) atoms. The molecule has 0 radical (unpaired) electrons. The summed E-state index contributed by atoms with van der Waals surface area (Å²) in [5, 5.41) is 11.8. The van der Waals surface area contributed by atoms with Crippen molar-refractivity contribution in [2.75, 3.05) is 28.8 Å². The largest absolute Gasteiger partial charge is 0.355 e. The Morgan fingerprint density at radius 2 is 1.63 bits per heavy atom. The van der Waals surface area contributed by atoms with E-state index in [-0.39, 0.29) is 11.5 Å². The molecule has 0 aliphatic carbocycles. The summed E-state index contributed by atoms with van der Waals surface area (Å²) in [5.41, 5.74) is 7.83. The normalized spacial score (nSPS) is 14.3. The smallest absolute Gasteiger partial charge is 0.351 e. The molecular formula is C22H24N6O2. The molecule has 4 rings (SSSR count). The van der Waals surface area contributed by atoms with Crippen LogP contribution in [0.5, 0.6) is 0 Å². The summed E-state index contributed by atoms with van der Waals surface area (Å²) in [6.07, 6.45) is 4.35. The Morgan fingerprint density at radius 1 is 0.967 bits per heavy atom. The average molecular weight is 404 g/mol. The fourth-order valence-electron chi connectivity index (χ4n) is 3.81. The van der Waals surface area contributed by atoms with Crippen molar-refractivity contribution >= 4 is 23.0 Å². The fourth-order valence-corrected chi connectivity index (χ4v) is 3.81. The van der Waals surface area contributed by atoms with Gasteiger partial charge in [0.2, 0.25) is 11.6 Å². The van der Waals surface area contributed by atoms with Crippen molar-refractivity contribution in [3.8, 4) is 0 Å². The summed E-state index contributed by atoms with van der Waals surface area (Å²) >= 11 is 0. The van der Waals surface area contributed by atoms with Gasteiger partial charge in [0.15, 0.2) is 0 Å². The summed E-state index contributed by atoms with van der Waals surface area (Å²) < 4.78 is 0. The summed E-state index contributed by atoms with van der Waals surface area (Å²) in [5.74, 6) is 1.09. The maximum absolute atomic E-state index is 11.8. The van der Waals surface area contributed by atoms with Gasteiger partial charge in [-0.15, -0.1) is 0 Å². The molecule has 0 atom stereocenters. The maximum atomic E-state index is 11.8. The first kappa shape index (κ1) is 19.6. The highest BCUT2D eigenvalue weighted by atomic mass is 16.6. The Balaban J connectivity index is 1.45. The zero-order valence-corrected chi connectivity index (χ0v) is 16.6. The van der Waals surface area contributed by atoms with Crippen LogP contribution >= 0.6 is 0 Å². The molecule has 1 aromatic heterocycles. The SMILES string of the molecule is O=[N+]([O-])c1c(NNc2ccccc2)ncnc1N1CCC(Cc2ccccc2)CC1. The second kappa shape index (κ2) is 9.21. The standard InChI is InChI=1S/C22H24N6O2/c29-28(30)20-21(26-25-19-9-5-2-6-10-19)23-16-24-22(20)27-13-11-18(12-14-27)15-17-7-3-1-4-8-17/h1-10,16,18,25H,11-15H2,(H,23,24,26). The first-order valence-corrected chi connectivity index (χ1v) is 10.1. The molecule has 3 aromatic rings. The Bertz CT molecular complexity index is 975. The summed E-state index contributed by atoms with van der Waals surface area (Å²) in [7, 11) is 0. The first-order valence-electron chi connectivity index (χ1n) is 10.1. The van der Waals surface area contributed by atoms with Crippen LogP contribution in [-0.4, -0.2) is 28.0 Å². The third-order valence-electron chi connectivity index (χ3n) is 5.37. The molecule has 0 saturated carbocycles. The van der Waals surface area contributed by atoms with Crippen LogP contribution in [0, 0.1) is 16.0 Å². The van der Waals surface area contributed by atoms with Gasteiger partial charge in [-0.25, -0.2) is 9.97 Å². The number of para-hydroxylation sites is 1. The van der Waals surface area contributed by atoms with E-state index in [1.165, 1.54) is 11.9 Å². The number of hydrogen-bond donors (Lipinski definition) is 2. The van der Waals surface area contributed by atoms with Crippen LogP contribution in [0.3, 0.4) is 0 Å². The zero-order valence-electron chi connectivity index (χ0n) is 16.6. The molecule has 0 bridgehead atoms. The molecule has 8 nitrogen and oxygen atoms in total. The number of anilines is 3. The molecule has 0 spiro atoms. The fraction of sp³-hybridized carbons (Fsp3) is 0.273. The second-order valence-corrected chi connectivity index (χ2v) is 7.39. The number of nitrogens with zero attached hydrogens (tertiary/aromatic N) is 4. The third kappa shape index (κ3) is 4.65. The van der Waals surface area contributed by atoms with Gasteiger partial charge in [-0.2, -0.15) is 0 Å². The van der Waals surface area contributed by atoms with E-state index in [4.69, 9.17) is 0 Å². The molecule has 0 amide bonds. The Hall–Kier alpha value is -3.68. The van der Waals surface area contributed by atoms with Gasteiger partial charge in [-0.3, -0.25) is 21.0 Å². The monoisotopic (exact) mass is 404 g/mol. The van der Waals surface area contributed by atoms with Crippen molar-refractivity contribution in [2.24, 2.45) is 5.92 Å². The van der Waals surface area contributed by atoms with E-state index in [0.29, 0.717) is 11.7 Å². The Kier molecular flexibility index (Phi) is 6.03. The molecule has 1 fully saturated rings. The molecule has 1 saturated heterocycles. The lowest BCUT2D eigenvalue weighted by Gasteiger charge is -2.32. The third-order valence-corrected chi connectivity index (χ3v) is 5.37. The molecular weight excluding hydrogens is 380 g/mol. The Morgan fingerprint density at radius 3 is 2.30 bits per heavy atom. The molecule has 1 aliphatic rings. The molecule has 2 aromatic carbocycles. The number of nitro groups is 1. The number of hydrogen-bond acceptors (Lipinski definition) is 7. The maximum Gasteiger partial charge on any atom is 0.355 e. The highest BCUT2D eigenvalue weighted by Crippen LogP contribution is 2.34. The van der Waals surface area contributed by atoms with Gasteiger partial charge in [-0.05, 0) is 42.9 Å². The van der Waals surface area contributed by atoms with Crippen molar-refractivity contribution in [1.82, 2.24) is 9.97 Å². The van der Waals surface area contributed by atoms with Crippen molar-refractivity contribution < 1.29 is 4.92 Å². The number of rotatable bonds is 7. The van der Waals surface area contributed by atoms with Crippen LogP contribution in [0.4, 0.5) is 23.0 Å². The van der Waals surface area contributed by atoms with E-state index in [9.17, 15) is 10.1 Å². The highest BCUT2D eigenvalue weighted by Gasteiger charge is 2.29. The lowest BCUT2D eigenvalue weighted by Crippen LogP contribution is -2.35. The molecule has 1 aliphatic heterocycles. The van der Waals surface area contributed by atoms with E-state index in [1.54, 1.807) is 0 Å². The molecule has 154 valence electrons. The number of aromatic nitrogens is 2. The van der Waals surface area contributed by atoms with Crippen LogP contribution in [0.1, 0.15) is 18.4 Å². The van der Waals surface area contributed by atoms with Gasteiger partial charge in [0.1, 0.15) is 6.33 Å². The molecule has 2 heterocycles. The molecule has 0 unspecified atom stereocenters. The number of nitrogens with one attached hydrogen (secondary N) is 2. The quantitative estimate of drug-likeness (QED) is 0.448. The molecule has 2 N–H and O–H groups in total. The van der Waals surface area contributed by atoms with Crippen LogP contribution in [-0.2, 0) is 6.42 Å². The summed E-state index contributed by atoms with van der Waals surface area (Å²) in [4.78, 5) is 21.8. The summed E-state index contributed by atoms with van der Waals surface area (Å²) in [6.45, 7) is 1.47. The van der Waals surface area contributed by atoms with E-state index < -0.39 is 4.92 Å². The highest BCUT2D eigenvalue weighted by molar-refractivity contribution is 5.71. The topological polar surface area (TPSA) is 96.2 Å². The van der Waals surface area contributed by atoms with Gasteiger partial charge >= 0.3 is 5.69 Å². The predicted octanol–water partition coefficient (Wildman–Crippen LogP) is 4.28. The predicted molar refractivity (Wildman–Crippen MR) is 117 cm³/mol. The number of piperidine rings is 1. The van der Waals surface area contributed by atoms with E-state index in [0.717, 1.165) is 38.0 Å². The van der Waals surface area contributed by atoms with Gasteiger partial charge in [0.25, 0.3) is 0 Å². The molecule has 8 heteroatoms. The average Bonchev–Trinajstić information content (AvgIpc) is 2.79. The van der Waals surface area contributed by atoms with Gasteiger partial charge in [0.05, 0.1) is 10.6 Å². The van der Waals surface area contributed by atoms with Crippen LogP contribution in [0.15, 0.2) is 67.0 Å². The van der Waals surface area contributed by atoms with Crippen LogP contribution in [0.25, 0.3) is 0 Å². The van der Waals surface area contributed by atoms with Crippen molar-refractivity contribution in [3.63, 3.8) is 0 Å². The minimum absolute atomic E-state index is 0.109. The van der Waals surface area contributed by atoms with Gasteiger partial charge in [0, 0.05) is 13.1 Å². The minimum Gasteiger partial charge on any atom is -0.351 e. The van der Waals surface area contributed by atoms with Gasteiger partial charge < -0.3 is 4.90 Å². The number of benzene rings is 2. The van der Waals surface area contributed by atoms with Crippen LogP contribution in [0.2, 0.25) is 0 Å². The summed E-state index contributed by atoms with van der Waals surface area (Å²) in [6, 6.07) is 19.8. The lowest BCUT2D eigenvalue weighted by molar-refractivity contribution is -0.383. The van der Waals surface area contributed by atoms with Crippen LogP contribution < -0.4 is 15.8 Å². The lowest BCUT2D eigenvalue weighted by atomic mass is 9.90. The number of hydrazine groups is 1. The van der Waals surface area contributed by atoms with Gasteiger partial charge in [-0.1, -0.05) is 48.5 Å². The van der Waals surface area contributed by atoms with E-state index >= 15 is 0 Å². The first-order chi connectivity index (χ1) is 14.7. The van der Waals surface area contributed by atoms with Crippen molar-refractivity contribution in [3.05, 3.63) is 82.7 Å². The van der Waals surface area contributed by atoms with E-state index in [2.05, 4.69) is 45.1 Å². The Labute approximate surface area is 175 Å². The second-order valence-electron chi connectivity index (χ2n) is 7.39. The van der Waals surface area contributed by atoms with Crippen molar-refractivity contribution in [2.45, 2.75) is 19.3 Å². The zero-order chi connectivity index (χ0) is 20.8. The van der Waals surface area contributed by atoms with Crippen molar-refractivity contribution in [1.29, 1.82) is 0 Å². The minimum atomic E-state index is -0.416.